The zero-order valence-electron chi connectivity index (χ0n) is 14.1. The van der Waals surface area contributed by atoms with Gasteiger partial charge in [-0.15, -0.1) is 5.10 Å². The van der Waals surface area contributed by atoms with Crippen molar-refractivity contribution in [3.63, 3.8) is 0 Å². The van der Waals surface area contributed by atoms with E-state index in [9.17, 15) is 13.6 Å². The number of anilines is 1. The molecule has 130 valence electrons. The van der Waals surface area contributed by atoms with Gasteiger partial charge in [0.25, 0.3) is 5.91 Å². The van der Waals surface area contributed by atoms with Gasteiger partial charge in [0.05, 0.1) is 5.56 Å². The first kappa shape index (κ1) is 16.9. The summed E-state index contributed by atoms with van der Waals surface area (Å²) in [7, 11) is 0. The van der Waals surface area contributed by atoms with Crippen molar-refractivity contribution in [2.24, 2.45) is 0 Å². The number of furan rings is 1. The average Bonchev–Trinajstić information content (AvgIpc) is 3.10. The molecule has 0 aliphatic rings. The predicted octanol–water partition coefficient (Wildman–Crippen LogP) is 4.18. The molecular formula is C18H17F2N3O2. The molecule has 1 N–H and O–H groups in total. The van der Waals surface area contributed by atoms with Crippen LogP contribution in [0.15, 0.2) is 34.7 Å². The summed E-state index contributed by atoms with van der Waals surface area (Å²) < 4.78 is 33.9. The van der Waals surface area contributed by atoms with Crippen LogP contribution in [0.2, 0.25) is 0 Å². The van der Waals surface area contributed by atoms with Crippen molar-refractivity contribution >= 4 is 11.7 Å². The third-order valence-electron chi connectivity index (χ3n) is 3.81. The number of rotatable bonds is 4. The average molecular weight is 345 g/mol. The van der Waals surface area contributed by atoms with Crippen LogP contribution in [-0.4, -0.2) is 15.7 Å². The number of hydrogen-bond donors (Lipinski definition) is 1. The van der Waals surface area contributed by atoms with E-state index in [1.54, 1.807) is 26.0 Å². The summed E-state index contributed by atoms with van der Waals surface area (Å²) in [6, 6.07) is 6.57. The number of carbonyl (C=O) groups excluding carboxylic acids is 1. The first-order chi connectivity index (χ1) is 11.9. The second-order valence-electron chi connectivity index (χ2n) is 5.66. The molecule has 1 aromatic carbocycles. The highest BCUT2D eigenvalue weighted by atomic mass is 19.1. The van der Waals surface area contributed by atoms with Gasteiger partial charge in [-0.1, -0.05) is 6.92 Å². The minimum absolute atomic E-state index is 0.120. The van der Waals surface area contributed by atoms with Crippen molar-refractivity contribution in [1.82, 2.24) is 9.78 Å². The van der Waals surface area contributed by atoms with Crippen LogP contribution in [0.1, 0.15) is 34.5 Å². The third-order valence-corrected chi connectivity index (χ3v) is 3.81. The highest BCUT2D eigenvalue weighted by molar-refractivity contribution is 6.04. The molecule has 7 heteroatoms. The van der Waals surface area contributed by atoms with Gasteiger partial charge in [0.2, 0.25) is 0 Å². The maximum absolute atomic E-state index is 14.0. The van der Waals surface area contributed by atoms with Crippen LogP contribution in [-0.2, 0) is 6.42 Å². The lowest BCUT2D eigenvalue weighted by atomic mass is 10.2. The van der Waals surface area contributed by atoms with Crippen molar-refractivity contribution in [3.05, 3.63) is 64.7 Å². The van der Waals surface area contributed by atoms with Crippen LogP contribution in [0.4, 0.5) is 14.6 Å². The molecule has 1 amide bonds. The highest BCUT2D eigenvalue weighted by Crippen LogP contribution is 2.21. The smallest absolute Gasteiger partial charge is 0.260 e. The monoisotopic (exact) mass is 345 g/mol. The molecular weight excluding hydrogens is 328 g/mol. The Hall–Kier alpha value is -2.96. The summed E-state index contributed by atoms with van der Waals surface area (Å²) in [5.74, 6) is -0.321. The number of carbonyl (C=O) groups is 1. The molecule has 0 saturated heterocycles. The van der Waals surface area contributed by atoms with Crippen LogP contribution in [0, 0.1) is 25.5 Å². The molecule has 0 radical (unpaired) electrons. The second-order valence-corrected chi connectivity index (χ2v) is 5.66. The topological polar surface area (TPSA) is 60.1 Å². The Kier molecular flexibility index (Phi) is 4.39. The second kappa shape index (κ2) is 6.51. The molecule has 3 aromatic rings. The molecule has 0 saturated carbocycles. The summed E-state index contributed by atoms with van der Waals surface area (Å²) in [4.78, 5) is 12.4. The Morgan fingerprint density at radius 1 is 1.24 bits per heavy atom. The molecule has 0 aliphatic carbocycles. The zero-order valence-corrected chi connectivity index (χ0v) is 14.1. The lowest BCUT2D eigenvalue weighted by molar-refractivity contribution is 0.102. The first-order valence-electron chi connectivity index (χ1n) is 7.81. The zero-order chi connectivity index (χ0) is 18.1. The summed E-state index contributed by atoms with van der Waals surface area (Å²) >= 11 is 0. The Labute approximate surface area is 143 Å². The fourth-order valence-electron chi connectivity index (χ4n) is 2.63. The van der Waals surface area contributed by atoms with Crippen molar-refractivity contribution in [3.8, 4) is 5.69 Å². The van der Waals surface area contributed by atoms with Crippen LogP contribution in [0.5, 0.6) is 0 Å². The number of benzene rings is 1. The Bertz CT molecular complexity index is 944. The van der Waals surface area contributed by atoms with E-state index in [1.165, 1.54) is 10.7 Å². The van der Waals surface area contributed by atoms with E-state index in [0.717, 1.165) is 12.1 Å². The summed E-state index contributed by atoms with van der Waals surface area (Å²) in [5, 5.41) is 6.92. The van der Waals surface area contributed by atoms with Crippen molar-refractivity contribution in [2.45, 2.75) is 27.2 Å². The van der Waals surface area contributed by atoms with E-state index >= 15 is 0 Å². The predicted molar refractivity (Wildman–Crippen MR) is 89.0 cm³/mol. The molecule has 3 rings (SSSR count). The van der Waals surface area contributed by atoms with Gasteiger partial charge in [-0.25, -0.2) is 13.5 Å². The Morgan fingerprint density at radius 3 is 2.60 bits per heavy atom. The molecule has 0 fully saturated rings. The maximum Gasteiger partial charge on any atom is 0.260 e. The van der Waals surface area contributed by atoms with Gasteiger partial charge in [0, 0.05) is 17.8 Å². The van der Waals surface area contributed by atoms with Gasteiger partial charge < -0.3 is 9.73 Å². The van der Waals surface area contributed by atoms with E-state index in [2.05, 4.69) is 10.4 Å². The molecule has 0 aliphatic heterocycles. The normalized spacial score (nSPS) is 10.9. The number of hydrogen-bond acceptors (Lipinski definition) is 3. The van der Waals surface area contributed by atoms with Gasteiger partial charge in [0.15, 0.2) is 11.6 Å². The Morgan fingerprint density at radius 2 is 2.00 bits per heavy atom. The number of aromatic nitrogens is 2. The van der Waals surface area contributed by atoms with E-state index in [0.29, 0.717) is 29.2 Å². The number of amides is 1. The maximum atomic E-state index is 14.0. The van der Waals surface area contributed by atoms with Crippen LogP contribution in [0.3, 0.4) is 0 Å². The van der Waals surface area contributed by atoms with Gasteiger partial charge in [-0.05, 0) is 38.5 Å². The molecule has 5 nitrogen and oxygen atoms in total. The van der Waals surface area contributed by atoms with Crippen molar-refractivity contribution in [2.75, 3.05) is 5.32 Å². The van der Waals surface area contributed by atoms with E-state index in [-0.39, 0.29) is 17.4 Å². The standard InChI is InChI=1S/C18H17F2N3O2/c1-4-13-9-17(21-18(24)14-7-10(2)25-11(14)3)22-23(13)16-6-5-12(19)8-15(16)20/h5-9H,4H2,1-3H3,(H,21,22,24). The van der Waals surface area contributed by atoms with Crippen LogP contribution in [0.25, 0.3) is 5.69 Å². The van der Waals surface area contributed by atoms with Crippen molar-refractivity contribution < 1.29 is 18.0 Å². The van der Waals surface area contributed by atoms with Crippen LogP contribution >= 0.6 is 0 Å². The molecule has 2 heterocycles. The lowest BCUT2D eigenvalue weighted by Gasteiger charge is -2.06. The summed E-state index contributed by atoms with van der Waals surface area (Å²) in [5.41, 5.74) is 1.22. The minimum atomic E-state index is -0.725. The van der Waals surface area contributed by atoms with Crippen molar-refractivity contribution in [1.29, 1.82) is 0 Å². The van der Waals surface area contributed by atoms with Gasteiger partial charge >= 0.3 is 0 Å². The Balaban J connectivity index is 1.93. The van der Waals surface area contributed by atoms with Gasteiger partial charge in [-0.2, -0.15) is 0 Å². The van der Waals surface area contributed by atoms with Gasteiger partial charge in [0.1, 0.15) is 23.0 Å². The quantitative estimate of drug-likeness (QED) is 0.772. The highest BCUT2D eigenvalue weighted by Gasteiger charge is 2.17. The minimum Gasteiger partial charge on any atom is -0.466 e. The SMILES string of the molecule is CCc1cc(NC(=O)c2cc(C)oc2C)nn1-c1ccc(F)cc1F. The third kappa shape index (κ3) is 3.31. The number of nitrogens with zero attached hydrogens (tertiary/aromatic N) is 2. The number of nitrogens with one attached hydrogen (secondary N) is 1. The summed E-state index contributed by atoms with van der Waals surface area (Å²) in [6.07, 6.45) is 0.559. The molecule has 0 atom stereocenters. The molecule has 0 bridgehead atoms. The largest absolute Gasteiger partial charge is 0.466 e. The van der Waals surface area contributed by atoms with E-state index in [4.69, 9.17) is 4.42 Å². The molecule has 25 heavy (non-hydrogen) atoms. The summed E-state index contributed by atoms with van der Waals surface area (Å²) in [6.45, 7) is 5.33. The first-order valence-corrected chi connectivity index (χ1v) is 7.81. The molecule has 0 unspecified atom stereocenters. The molecule has 2 aromatic heterocycles. The fourth-order valence-corrected chi connectivity index (χ4v) is 2.63. The number of aryl methyl sites for hydroxylation is 3. The van der Waals surface area contributed by atoms with E-state index in [1.807, 2.05) is 6.92 Å². The van der Waals surface area contributed by atoms with Gasteiger partial charge in [-0.3, -0.25) is 4.79 Å². The fraction of sp³-hybridized carbons (Fsp3) is 0.222. The number of halogens is 2. The lowest BCUT2D eigenvalue weighted by Crippen LogP contribution is -2.13. The molecule has 0 spiro atoms. The van der Waals surface area contributed by atoms with E-state index < -0.39 is 11.6 Å². The van der Waals surface area contributed by atoms with Crippen LogP contribution < -0.4 is 5.32 Å².